The molecular formula is C16H24N4O. The highest BCUT2D eigenvalue weighted by atomic mass is 16.5. The molecule has 0 fully saturated rings. The molecule has 1 atom stereocenters. The number of nitrogens with one attached hydrogen (secondary N) is 1. The number of nitrogens with zero attached hydrogens (tertiary/aromatic N) is 3. The van der Waals surface area contributed by atoms with Crippen LogP contribution in [0.15, 0.2) is 23.0 Å². The normalized spacial score (nSPS) is 12.8. The fraction of sp³-hybridized carbons (Fsp3) is 0.562. The van der Waals surface area contributed by atoms with Gasteiger partial charge in [-0.25, -0.2) is 0 Å². The number of hydrogen-bond donors (Lipinski definition) is 1. The van der Waals surface area contributed by atoms with Crippen molar-refractivity contribution in [1.29, 1.82) is 0 Å². The van der Waals surface area contributed by atoms with Crippen LogP contribution in [0.5, 0.6) is 0 Å². The van der Waals surface area contributed by atoms with Gasteiger partial charge in [-0.1, -0.05) is 25.9 Å². The molecule has 0 bridgehead atoms. The highest BCUT2D eigenvalue weighted by Gasteiger charge is 2.16. The first-order chi connectivity index (χ1) is 10.1. The summed E-state index contributed by atoms with van der Waals surface area (Å²) in [5, 5.41) is 7.44. The summed E-state index contributed by atoms with van der Waals surface area (Å²) in [6, 6.07) is 2.30. The van der Waals surface area contributed by atoms with E-state index in [-0.39, 0.29) is 0 Å². The number of hydrogen-bond acceptors (Lipinski definition) is 5. The van der Waals surface area contributed by atoms with Crippen LogP contribution in [0.3, 0.4) is 0 Å². The Hall–Kier alpha value is -1.75. The summed E-state index contributed by atoms with van der Waals surface area (Å²) < 4.78 is 5.41. The average Bonchev–Trinajstić information content (AvgIpc) is 2.94. The first kappa shape index (κ1) is 15.6. The quantitative estimate of drug-likeness (QED) is 0.848. The molecule has 0 spiro atoms. The van der Waals surface area contributed by atoms with E-state index in [2.05, 4.69) is 41.2 Å². The topological polar surface area (TPSA) is 63.8 Å². The average molecular weight is 288 g/mol. The Morgan fingerprint density at radius 1 is 1.33 bits per heavy atom. The molecule has 2 rings (SSSR count). The number of rotatable bonds is 7. The minimum atomic E-state index is 0.362. The minimum Gasteiger partial charge on any atom is -0.339 e. The van der Waals surface area contributed by atoms with Crippen molar-refractivity contribution < 1.29 is 4.52 Å². The van der Waals surface area contributed by atoms with E-state index in [1.165, 1.54) is 0 Å². The second-order valence-corrected chi connectivity index (χ2v) is 5.72. The highest BCUT2D eigenvalue weighted by Crippen LogP contribution is 2.21. The zero-order chi connectivity index (χ0) is 15.2. The summed E-state index contributed by atoms with van der Waals surface area (Å²) >= 11 is 0. The lowest BCUT2D eigenvalue weighted by atomic mass is 10.0. The van der Waals surface area contributed by atoms with Crippen LogP contribution in [0.2, 0.25) is 0 Å². The molecule has 5 heteroatoms. The molecule has 1 unspecified atom stereocenters. The predicted octanol–water partition coefficient (Wildman–Crippen LogP) is 2.87. The van der Waals surface area contributed by atoms with Crippen LogP contribution < -0.4 is 5.32 Å². The van der Waals surface area contributed by atoms with E-state index in [9.17, 15) is 0 Å². The number of aryl methyl sites for hydroxylation is 1. The zero-order valence-electron chi connectivity index (χ0n) is 13.3. The molecule has 5 nitrogen and oxygen atoms in total. The zero-order valence-corrected chi connectivity index (χ0v) is 13.3. The molecule has 114 valence electrons. The lowest BCUT2D eigenvalue weighted by molar-refractivity contribution is 0.345. The van der Waals surface area contributed by atoms with Gasteiger partial charge in [0.1, 0.15) is 0 Å². The monoisotopic (exact) mass is 288 g/mol. The van der Waals surface area contributed by atoms with Gasteiger partial charge in [-0.05, 0) is 37.4 Å². The lowest BCUT2D eigenvalue weighted by Crippen LogP contribution is -2.29. The summed E-state index contributed by atoms with van der Waals surface area (Å²) in [7, 11) is 1.97. The second-order valence-electron chi connectivity index (χ2n) is 5.72. The molecule has 0 saturated heterocycles. The Kier molecular flexibility index (Phi) is 5.44. The molecule has 0 amide bonds. The summed E-state index contributed by atoms with van der Waals surface area (Å²) in [5.74, 6) is 1.98. The van der Waals surface area contributed by atoms with Crippen molar-refractivity contribution in [3.05, 3.63) is 29.9 Å². The van der Waals surface area contributed by atoms with Crippen LogP contribution in [-0.4, -0.2) is 28.2 Å². The SMILES string of the molecule is CCc1cnccc1-c1noc(CC(CC(C)C)NC)n1. The van der Waals surface area contributed by atoms with Gasteiger partial charge in [0, 0.05) is 30.4 Å². The smallest absolute Gasteiger partial charge is 0.228 e. The molecule has 0 radical (unpaired) electrons. The van der Waals surface area contributed by atoms with E-state index in [4.69, 9.17) is 4.52 Å². The third-order valence-corrected chi connectivity index (χ3v) is 3.58. The second kappa shape index (κ2) is 7.31. The van der Waals surface area contributed by atoms with E-state index in [1.807, 2.05) is 19.3 Å². The van der Waals surface area contributed by atoms with Crippen molar-refractivity contribution in [2.45, 2.75) is 46.1 Å². The Labute approximate surface area is 126 Å². The van der Waals surface area contributed by atoms with E-state index >= 15 is 0 Å². The van der Waals surface area contributed by atoms with Crippen LogP contribution in [0, 0.1) is 5.92 Å². The van der Waals surface area contributed by atoms with Crippen LogP contribution in [0.25, 0.3) is 11.4 Å². The van der Waals surface area contributed by atoms with Crippen LogP contribution >= 0.6 is 0 Å². The summed E-state index contributed by atoms with van der Waals surface area (Å²) in [6.45, 7) is 6.53. The standard InChI is InChI=1S/C16H24N4O/c1-5-12-10-18-7-6-14(12)16-19-15(21-20-16)9-13(17-4)8-11(2)3/h6-7,10-11,13,17H,5,8-9H2,1-4H3. The van der Waals surface area contributed by atoms with Gasteiger partial charge in [-0.3, -0.25) is 4.98 Å². The Morgan fingerprint density at radius 2 is 2.14 bits per heavy atom. The van der Waals surface area contributed by atoms with Crippen molar-refractivity contribution in [3.8, 4) is 11.4 Å². The summed E-state index contributed by atoms with van der Waals surface area (Å²) in [4.78, 5) is 8.69. The van der Waals surface area contributed by atoms with E-state index in [0.29, 0.717) is 23.7 Å². The van der Waals surface area contributed by atoms with Crippen molar-refractivity contribution in [2.24, 2.45) is 5.92 Å². The van der Waals surface area contributed by atoms with Gasteiger partial charge in [0.15, 0.2) is 0 Å². The number of aromatic nitrogens is 3. The molecule has 2 aromatic rings. The molecule has 0 aliphatic carbocycles. The largest absolute Gasteiger partial charge is 0.339 e. The third-order valence-electron chi connectivity index (χ3n) is 3.58. The minimum absolute atomic E-state index is 0.362. The maximum atomic E-state index is 5.41. The van der Waals surface area contributed by atoms with E-state index in [0.717, 1.165) is 30.4 Å². The van der Waals surface area contributed by atoms with Gasteiger partial charge in [0.2, 0.25) is 11.7 Å². The Morgan fingerprint density at radius 3 is 2.81 bits per heavy atom. The lowest BCUT2D eigenvalue weighted by Gasteiger charge is -2.15. The van der Waals surface area contributed by atoms with Crippen molar-refractivity contribution in [2.75, 3.05) is 7.05 Å². The molecule has 0 aliphatic heterocycles. The van der Waals surface area contributed by atoms with Crippen molar-refractivity contribution in [3.63, 3.8) is 0 Å². The van der Waals surface area contributed by atoms with Gasteiger partial charge in [-0.2, -0.15) is 4.98 Å². The molecule has 1 N–H and O–H groups in total. The predicted molar refractivity (Wildman–Crippen MR) is 82.9 cm³/mol. The maximum Gasteiger partial charge on any atom is 0.228 e. The van der Waals surface area contributed by atoms with E-state index < -0.39 is 0 Å². The molecule has 0 aliphatic rings. The van der Waals surface area contributed by atoms with E-state index in [1.54, 1.807) is 6.20 Å². The molecule has 2 heterocycles. The van der Waals surface area contributed by atoms with Gasteiger partial charge >= 0.3 is 0 Å². The van der Waals surface area contributed by atoms with Crippen molar-refractivity contribution >= 4 is 0 Å². The first-order valence-corrected chi connectivity index (χ1v) is 7.57. The summed E-state index contributed by atoms with van der Waals surface area (Å²) in [6.07, 6.45) is 6.37. The van der Waals surface area contributed by atoms with Gasteiger partial charge in [0.05, 0.1) is 0 Å². The fourth-order valence-corrected chi connectivity index (χ4v) is 2.46. The molecular weight excluding hydrogens is 264 g/mol. The van der Waals surface area contributed by atoms with Crippen LogP contribution in [0.4, 0.5) is 0 Å². The molecule has 2 aromatic heterocycles. The van der Waals surface area contributed by atoms with Gasteiger partial charge in [0.25, 0.3) is 0 Å². The fourth-order valence-electron chi connectivity index (χ4n) is 2.46. The molecule has 0 aromatic carbocycles. The Bertz CT molecular complexity index is 565. The third kappa shape index (κ3) is 4.11. The Balaban J connectivity index is 2.14. The first-order valence-electron chi connectivity index (χ1n) is 7.57. The number of pyridine rings is 1. The van der Waals surface area contributed by atoms with Gasteiger partial charge < -0.3 is 9.84 Å². The molecule has 21 heavy (non-hydrogen) atoms. The van der Waals surface area contributed by atoms with Crippen LogP contribution in [0.1, 0.15) is 38.6 Å². The van der Waals surface area contributed by atoms with Gasteiger partial charge in [-0.15, -0.1) is 0 Å². The molecule has 0 saturated carbocycles. The maximum absolute atomic E-state index is 5.41. The van der Waals surface area contributed by atoms with Crippen molar-refractivity contribution in [1.82, 2.24) is 20.4 Å². The summed E-state index contributed by atoms with van der Waals surface area (Å²) in [5.41, 5.74) is 2.14. The highest BCUT2D eigenvalue weighted by molar-refractivity contribution is 5.58. The van der Waals surface area contributed by atoms with Crippen LogP contribution in [-0.2, 0) is 12.8 Å². The number of likely N-dealkylation sites (N-methyl/N-ethyl adjacent to an activating group) is 1.